The number of hydrogen-bond acceptors (Lipinski definition) is 2. The van der Waals surface area contributed by atoms with Crippen LogP contribution in [0.5, 0.6) is 5.75 Å². The van der Waals surface area contributed by atoms with Gasteiger partial charge in [0.25, 0.3) is 0 Å². The van der Waals surface area contributed by atoms with Crippen LogP contribution >= 0.6 is 0 Å². The van der Waals surface area contributed by atoms with Crippen molar-refractivity contribution in [3.63, 3.8) is 0 Å². The number of carbonyl (C=O) groups is 1. The molecule has 0 N–H and O–H groups in total. The Morgan fingerprint density at radius 2 is 2.00 bits per heavy atom. The minimum absolute atomic E-state index is 0.129. The monoisotopic (exact) mass is 226 g/mol. The number of rotatable bonds is 1. The number of benzene rings is 1. The van der Waals surface area contributed by atoms with Crippen molar-refractivity contribution in [2.45, 2.75) is 32.3 Å². The third-order valence-electron chi connectivity index (χ3n) is 2.96. The average molecular weight is 226 g/mol. The van der Waals surface area contributed by atoms with Gasteiger partial charge in [0.15, 0.2) is 17.4 Å². The molecule has 0 fully saturated rings. The Balaban J connectivity index is 2.51. The summed E-state index contributed by atoms with van der Waals surface area (Å²) in [6.07, 6.45) is 0.832. The zero-order valence-electron chi connectivity index (χ0n) is 9.14. The predicted molar refractivity (Wildman–Crippen MR) is 54.6 cm³/mol. The Labute approximate surface area is 92.2 Å². The summed E-state index contributed by atoms with van der Waals surface area (Å²) in [7, 11) is 0. The van der Waals surface area contributed by atoms with Gasteiger partial charge in [-0.1, -0.05) is 6.92 Å². The molecule has 0 bridgehead atoms. The van der Waals surface area contributed by atoms with E-state index in [4.69, 9.17) is 4.74 Å². The smallest absolute Gasteiger partial charge is 0.170 e. The molecule has 0 saturated carbocycles. The van der Waals surface area contributed by atoms with Crippen LogP contribution in [0.4, 0.5) is 8.78 Å². The lowest BCUT2D eigenvalue weighted by Crippen LogP contribution is -2.38. The van der Waals surface area contributed by atoms with Crippen molar-refractivity contribution in [3.05, 3.63) is 29.3 Å². The highest BCUT2D eigenvalue weighted by Crippen LogP contribution is 2.35. The van der Waals surface area contributed by atoms with E-state index < -0.39 is 17.2 Å². The molecule has 1 aliphatic heterocycles. The van der Waals surface area contributed by atoms with Gasteiger partial charge in [0.1, 0.15) is 11.4 Å². The second kappa shape index (κ2) is 3.54. The van der Waals surface area contributed by atoms with E-state index in [1.165, 1.54) is 0 Å². The van der Waals surface area contributed by atoms with Crippen LogP contribution in [-0.2, 0) is 0 Å². The third-order valence-corrected chi connectivity index (χ3v) is 2.96. The molecule has 0 amide bonds. The van der Waals surface area contributed by atoms with Gasteiger partial charge < -0.3 is 4.74 Å². The molecule has 1 aromatic carbocycles. The van der Waals surface area contributed by atoms with Crippen molar-refractivity contribution in [2.24, 2.45) is 0 Å². The Morgan fingerprint density at radius 1 is 1.38 bits per heavy atom. The van der Waals surface area contributed by atoms with Gasteiger partial charge in [-0.2, -0.15) is 0 Å². The van der Waals surface area contributed by atoms with E-state index in [-0.39, 0.29) is 23.5 Å². The summed E-state index contributed by atoms with van der Waals surface area (Å²) in [6.45, 7) is 3.67. The summed E-state index contributed by atoms with van der Waals surface area (Å²) >= 11 is 0. The molecule has 0 aliphatic carbocycles. The molecule has 86 valence electrons. The molecule has 0 spiro atoms. The first-order valence-electron chi connectivity index (χ1n) is 5.16. The molecule has 1 aliphatic rings. The van der Waals surface area contributed by atoms with Crippen molar-refractivity contribution in [1.29, 1.82) is 0 Å². The van der Waals surface area contributed by atoms with Gasteiger partial charge in [0.2, 0.25) is 0 Å². The molecule has 1 aromatic rings. The predicted octanol–water partition coefficient (Wildman–Crippen LogP) is 3.10. The summed E-state index contributed by atoms with van der Waals surface area (Å²) in [5.41, 5.74) is -0.487. The lowest BCUT2D eigenvalue weighted by atomic mass is 9.89. The third kappa shape index (κ3) is 1.68. The minimum atomic E-state index is -1.02. The molecule has 1 unspecified atom stereocenters. The number of fused-ring (bicyclic) bond motifs is 1. The van der Waals surface area contributed by atoms with Gasteiger partial charge in [-0.05, 0) is 19.4 Å². The zero-order chi connectivity index (χ0) is 11.9. The van der Waals surface area contributed by atoms with Gasteiger partial charge in [-0.15, -0.1) is 0 Å². The Hall–Kier alpha value is -1.45. The molecule has 0 aromatic heterocycles. The first-order valence-corrected chi connectivity index (χ1v) is 5.16. The van der Waals surface area contributed by atoms with E-state index in [1.807, 2.05) is 6.92 Å². The highest BCUT2D eigenvalue weighted by molar-refractivity contribution is 6.00. The van der Waals surface area contributed by atoms with Gasteiger partial charge in [-0.25, -0.2) is 8.78 Å². The maximum absolute atomic E-state index is 13.0. The van der Waals surface area contributed by atoms with Crippen LogP contribution in [0.25, 0.3) is 0 Å². The fourth-order valence-corrected chi connectivity index (χ4v) is 1.76. The van der Waals surface area contributed by atoms with E-state index in [0.29, 0.717) is 6.42 Å². The number of ether oxygens (including phenoxy) is 1. The summed E-state index contributed by atoms with van der Waals surface area (Å²) in [4.78, 5) is 11.8. The molecule has 1 atom stereocenters. The van der Waals surface area contributed by atoms with Crippen LogP contribution in [-0.4, -0.2) is 11.4 Å². The Morgan fingerprint density at radius 3 is 2.62 bits per heavy atom. The quantitative estimate of drug-likeness (QED) is 0.735. The van der Waals surface area contributed by atoms with Crippen molar-refractivity contribution < 1.29 is 18.3 Å². The second-order valence-corrected chi connectivity index (χ2v) is 4.27. The maximum atomic E-state index is 13.0. The van der Waals surface area contributed by atoms with Gasteiger partial charge in [0, 0.05) is 6.07 Å². The molecule has 0 radical (unpaired) electrons. The molecule has 0 saturated heterocycles. The summed E-state index contributed by atoms with van der Waals surface area (Å²) < 4.78 is 31.5. The molecule has 4 heteroatoms. The van der Waals surface area contributed by atoms with E-state index in [0.717, 1.165) is 12.1 Å². The Kier molecular flexibility index (Phi) is 2.45. The van der Waals surface area contributed by atoms with Crippen molar-refractivity contribution >= 4 is 5.78 Å². The molecule has 2 nitrogen and oxygen atoms in total. The lowest BCUT2D eigenvalue weighted by Gasteiger charge is -2.34. The van der Waals surface area contributed by atoms with Crippen LogP contribution in [0.2, 0.25) is 0 Å². The molecular weight excluding hydrogens is 214 g/mol. The fraction of sp³-hybridized carbons (Fsp3) is 0.417. The molecule has 1 heterocycles. The molecular formula is C12H12F2O2. The van der Waals surface area contributed by atoms with Crippen LogP contribution in [0.1, 0.15) is 37.0 Å². The number of hydrogen-bond donors (Lipinski definition) is 0. The van der Waals surface area contributed by atoms with Crippen molar-refractivity contribution in [3.8, 4) is 5.75 Å². The van der Waals surface area contributed by atoms with Crippen LogP contribution in [0.15, 0.2) is 12.1 Å². The SMILES string of the molecule is CCC1(C)CC(=O)c2cc(F)c(F)cc2O1. The number of Topliss-reactive ketones (excluding diaryl/α,β-unsaturated/α-hetero) is 1. The van der Waals surface area contributed by atoms with E-state index in [2.05, 4.69) is 0 Å². The van der Waals surface area contributed by atoms with E-state index >= 15 is 0 Å². The molecule has 16 heavy (non-hydrogen) atoms. The summed E-state index contributed by atoms with van der Waals surface area (Å²) in [6, 6.07) is 1.85. The van der Waals surface area contributed by atoms with Gasteiger partial charge >= 0.3 is 0 Å². The number of carbonyl (C=O) groups excluding carboxylic acids is 1. The van der Waals surface area contributed by atoms with Crippen LogP contribution in [0.3, 0.4) is 0 Å². The van der Waals surface area contributed by atoms with E-state index in [1.54, 1.807) is 6.92 Å². The first kappa shape index (κ1) is 11.0. The lowest BCUT2D eigenvalue weighted by molar-refractivity contribution is 0.0494. The first-order chi connectivity index (χ1) is 7.45. The average Bonchev–Trinajstić information content (AvgIpc) is 2.21. The topological polar surface area (TPSA) is 26.3 Å². The highest BCUT2D eigenvalue weighted by Gasteiger charge is 2.35. The standard InChI is InChI=1S/C12H12F2O2/c1-3-12(2)6-10(15)7-4-8(13)9(14)5-11(7)16-12/h4-5H,3,6H2,1-2H3. The maximum Gasteiger partial charge on any atom is 0.170 e. The Bertz CT molecular complexity index is 457. The number of halogens is 2. The highest BCUT2D eigenvalue weighted by atomic mass is 19.2. The van der Waals surface area contributed by atoms with E-state index in [9.17, 15) is 13.6 Å². The van der Waals surface area contributed by atoms with Gasteiger partial charge in [0.05, 0.1) is 12.0 Å². The second-order valence-electron chi connectivity index (χ2n) is 4.27. The zero-order valence-corrected chi connectivity index (χ0v) is 9.14. The molecule has 2 rings (SSSR count). The van der Waals surface area contributed by atoms with Gasteiger partial charge in [-0.3, -0.25) is 4.79 Å². The van der Waals surface area contributed by atoms with Crippen LogP contribution in [0, 0.1) is 11.6 Å². The van der Waals surface area contributed by atoms with Crippen LogP contribution < -0.4 is 4.74 Å². The fourth-order valence-electron chi connectivity index (χ4n) is 1.76. The summed E-state index contributed by atoms with van der Waals surface area (Å²) in [5, 5.41) is 0. The minimum Gasteiger partial charge on any atom is -0.486 e. The number of ketones is 1. The van der Waals surface area contributed by atoms with Crippen molar-refractivity contribution in [2.75, 3.05) is 0 Å². The largest absolute Gasteiger partial charge is 0.486 e. The summed E-state index contributed by atoms with van der Waals surface area (Å²) in [5.74, 6) is -2.08. The van der Waals surface area contributed by atoms with Crippen molar-refractivity contribution in [1.82, 2.24) is 0 Å². The normalized spacial score (nSPS) is 23.9.